The first kappa shape index (κ1) is 22.9. The van der Waals surface area contributed by atoms with Crippen LogP contribution in [0.1, 0.15) is 21.5 Å². The Morgan fingerprint density at radius 3 is 2.21 bits per heavy atom. The van der Waals surface area contributed by atoms with E-state index in [1.165, 1.54) is 24.4 Å². The van der Waals surface area contributed by atoms with Gasteiger partial charge in [-0.3, -0.25) is 4.98 Å². The number of hydrogen-bond acceptors (Lipinski definition) is 6. The van der Waals surface area contributed by atoms with E-state index in [1.54, 1.807) is 0 Å². The number of hydrogen-bond donors (Lipinski definition) is 2. The van der Waals surface area contributed by atoms with Crippen molar-refractivity contribution in [3.63, 3.8) is 0 Å². The van der Waals surface area contributed by atoms with Crippen molar-refractivity contribution in [1.29, 1.82) is 0 Å². The number of carboxylic acid groups (broad SMARTS) is 1. The zero-order valence-electron chi connectivity index (χ0n) is 16.6. The number of aromatic nitrogens is 4. The number of fused-ring (bicyclic) bond motifs is 1. The zero-order chi connectivity index (χ0) is 24.7. The molecule has 0 spiro atoms. The predicted octanol–water partition coefficient (Wildman–Crippen LogP) is 5.57. The molecule has 4 aromatic rings. The average molecular weight is 479 g/mol. The highest BCUT2D eigenvalue weighted by Gasteiger charge is 2.36. The Kier molecular flexibility index (Phi) is 5.55. The number of nitrogens with zero attached hydrogens (tertiary/aromatic N) is 4. The molecule has 0 radical (unpaired) electrons. The van der Waals surface area contributed by atoms with E-state index in [9.17, 15) is 31.1 Å². The maximum absolute atomic E-state index is 13.5. The molecule has 0 aliphatic carbocycles. The summed E-state index contributed by atoms with van der Waals surface area (Å²) < 4.78 is 78.8. The lowest BCUT2D eigenvalue weighted by Gasteiger charge is -2.13. The van der Waals surface area contributed by atoms with Gasteiger partial charge in [0.25, 0.3) is 0 Å². The summed E-state index contributed by atoms with van der Waals surface area (Å²) in [6.07, 6.45) is -6.33. The molecule has 0 unspecified atom stereocenters. The standard InChI is InChI=1S/C21H11F6N5O2/c22-20(23,24)11-1-3-12(4-2-11)31-14-5-6-28-18-17(14)30-9-15(32-18)16-13(21(25,26)27)7-10(8-29-16)19(33)34/h1-9H,(H,33,34)(H,28,31,32). The molecule has 3 heterocycles. The van der Waals surface area contributed by atoms with Gasteiger partial charge in [0.1, 0.15) is 16.9 Å². The molecule has 0 fully saturated rings. The summed E-state index contributed by atoms with van der Waals surface area (Å²) in [6, 6.07) is 6.12. The van der Waals surface area contributed by atoms with Crippen LogP contribution in [0.15, 0.2) is 55.0 Å². The van der Waals surface area contributed by atoms with Gasteiger partial charge in [0.05, 0.1) is 28.6 Å². The number of benzene rings is 1. The number of nitrogens with one attached hydrogen (secondary N) is 1. The highest BCUT2D eigenvalue weighted by atomic mass is 19.4. The third-order valence-electron chi connectivity index (χ3n) is 4.62. The molecule has 1 aromatic carbocycles. The molecule has 0 aliphatic heterocycles. The summed E-state index contributed by atoms with van der Waals surface area (Å²) in [5.74, 6) is -1.57. The molecule has 0 atom stereocenters. The van der Waals surface area contributed by atoms with Crippen LogP contribution in [0.4, 0.5) is 37.7 Å². The number of rotatable bonds is 4. The van der Waals surface area contributed by atoms with Crippen molar-refractivity contribution in [1.82, 2.24) is 19.9 Å². The van der Waals surface area contributed by atoms with Crippen molar-refractivity contribution in [2.75, 3.05) is 5.32 Å². The van der Waals surface area contributed by atoms with Crippen molar-refractivity contribution in [2.24, 2.45) is 0 Å². The third-order valence-corrected chi connectivity index (χ3v) is 4.62. The highest BCUT2D eigenvalue weighted by Crippen LogP contribution is 2.36. The van der Waals surface area contributed by atoms with Crippen molar-refractivity contribution in [3.8, 4) is 11.4 Å². The van der Waals surface area contributed by atoms with Crippen molar-refractivity contribution >= 4 is 28.5 Å². The molecule has 3 aromatic heterocycles. The molecule has 34 heavy (non-hydrogen) atoms. The van der Waals surface area contributed by atoms with Crippen LogP contribution in [0.2, 0.25) is 0 Å². The smallest absolute Gasteiger partial charge is 0.418 e. The molecular weight excluding hydrogens is 468 g/mol. The molecule has 4 rings (SSSR count). The topological polar surface area (TPSA) is 101 Å². The summed E-state index contributed by atoms with van der Waals surface area (Å²) in [5, 5.41) is 11.8. The molecule has 0 aliphatic rings. The second-order valence-electron chi connectivity index (χ2n) is 6.91. The van der Waals surface area contributed by atoms with E-state index in [1.807, 2.05) is 0 Å². The predicted molar refractivity (Wildman–Crippen MR) is 107 cm³/mol. The zero-order valence-corrected chi connectivity index (χ0v) is 16.6. The number of halogens is 6. The lowest BCUT2D eigenvalue weighted by molar-refractivity contribution is -0.138. The summed E-state index contributed by atoms with van der Waals surface area (Å²) in [6.45, 7) is 0. The van der Waals surface area contributed by atoms with Crippen LogP contribution in [0, 0.1) is 0 Å². The van der Waals surface area contributed by atoms with Gasteiger partial charge < -0.3 is 10.4 Å². The van der Waals surface area contributed by atoms with E-state index in [2.05, 4.69) is 25.3 Å². The third kappa shape index (κ3) is 4.58. The van der Waals surface area contributed by atoms with E-state index >= 15 is 0 Å². The Bertz CT molecular complexity index is 1390. The van der Waals surface area contributed by atoms with Crippen LogP contribution < -0.4 is 5.32 Å². The van der Waals surface area contributed by atoms with E-state index in [4.69, 9.17) is 5.11 Å². The Morgan fingerprint density at radius 2 is 1.59 bits per heavy atom. The second kappa shape index (κ2) is 8.24. The first-order chi connectivity index (χ1) is 15.9. The fourth-order valence-corrected chi connectivity index (χ4v) is 3.04. The van der Waals surface area contributed by atoms with Gasteiger partial charge in [0.2, 0.25) is 0 Å². The van der Waals surface area contributed by atoms with Crippen LogP contribution in [0.5, 0.6) is 0 Å². The van der Waals surface area contributed by atoms with Crippen molar-refractivity contribution < 1.29 is 36.2 Å². The molecule has 2 N–H and O–H groups in total. The van der Waals surface area contributed by atoms with E-state index in [-0.39, 0.29) is 16.9 Å². The summed E-state index contributed by atoms with van der Waals surface area (Å²) in [7, 11) is 0. The number of aromatic carboxylic acids is 1. The number of carboxylic acids is 1. The summed E-state index contributed by atoms with van der Waals surface area (Å²) in [4.78, 5) is 26.8. The lowest BCUT2D eigenvalue weighted by atomic mass is 10.1. The number of anilines is 2. The maximum atomic E-state index is 13.5. The van der Waals surface area contributed by atoms with Gasteiger partial charge in [-0.25, -0.2) is 19.7 Å². The molecule has 0 bridgehead atoms. The average Bonchev–Trinajstić information content (AvgIpc) is 2.77. The van der Waals surface area contributed by atoms with Crippen molar-refractivity contribution in [3.05, 3.63) is 71.7 Å². The normalized spacial score (nSPS) is 12.1. The minimum Gasteiger partial charge on any atom is -0.478 e. The number of carbonyl (C=O) groups is 1. The quantitative estimate of drug-likeness (QED) is 0.369. The Morgan fingerprint density at radius 1 is 0.882 bits per heavy atom. The molecule has 0 saturated heterocycles. The molecular formula is C21H11F6N5O2. The monoisotopic (exact) mass is 479 g/mol. The Balaban J connectivity index is 1.73. The molecule has 174 valence electrons. The summed E-state index contributed by atoms with van der Waals surface area (Å²) >= 11 is 0. The van der Waals surface area contributed by atoms with Gasteiger partial charge in [0, 0.05) is 18.1 Å². The van der Waals surface area contributed by atoms with Crippen LogP contribution in [-0.2, 0) is 12.4 Å². The number of pyridine rings is 2. The van der Waals surface area contributed by atoms with E-state index in [0.717, 1.165) is 24.5 Å². The molecule has 13 heteroatoms. The maximum Gasteiger partial charge on any atom is 0.418 e. The van der Waals surface area contributed by atoms with Gasteiger partial charge in [0.15, 0.2) is 5.65 Å². The lowest BCUT2D eigenvalue weighted by Crippen LogP contribution is -2.12. The molecule has 7 nitrogen and oxygen atoms in total. The van der Waals surface area contributed by atoms with Crippen molar-refractivity contribution in [2.45, 2.75) is 12.4 Å². The largest absolute Gasteiger partial charge is 0.478 e. The van der Waals surface area contributed by atoms with Gasteiger partial charge in [-0.1, -0.05) is 0 Å². The Hall–Kier alpha value is -4.29. The first-order valence-corrected chi connectivity index (χ1v) is 9.30. The van der Waals surface area contributed by atoms with Crippen LogP contribution >= 0.6 is 0 Å². The summed E-state index contributed by atoms with van der Waals surface area (Å²) in [5.41, 5.74) is -3.03. The second-order valence-corrected chi connectivity index (χ2v) is 6.91. The van der Waals surface area contributed by atoms with Gasteiger partial charge >= 0.3 is 18.3 Å². The number of alkyl halides is 6. The van der Waals surface area contributed by atoms with Crippen LogP contribution in [-0.4, -0.2) is 31.0 Å². The molecule has 0 saturated carbocycles. The fourth-order valence-electron chi connectivity index (χ4n) is 3.04. The SMILES string of the molecule is O=C(O)c1cnc(-c2cnc3c(Nc4ccc(C(F)(F)F)cc4)ccnc3n2)c(C(F)(F)F)c1. The van der Waals surface area contributed by atoms with Gasteiger partial charge in [-0.05, 0) is 36.4 Å². The first-order valence-electron chi connectivity index (χ1n) is 9.30. The van der Waals surface area contributed by atoms with Crippen LogP contribution in [0.3, 0.4) is 0 Å². The molecule has 0 amide bonds. The van der Waals surface area contributed by atoms with Gasteiger partial charge in [-0.2, -0.15) is 26.3 Å². The van der Waals surface area contributed by atoms with E-state index in [0.29, 0.717) is 17.4 Å². The fraction of sp³-hybridized carbons (Fsp3) is 0.0952. The Labute approximate surface area is 186 Å². The van der Waals surface area contributed by atoms with Gasteiger partial charge in [-0.15, -0.1) is 0 Å². The van der Waals surface area contributed by atoms with E-state index < -0.39 is 40.7 Å². The minimum absolute atomic E-state index is 0.0633. The van der Waals surface area contributed by atoms with Crippen LogP contribution in [0.25, 0.3) is 22.6 Å². The minimum atomic E-state index is -4.91. The highest BCUT2D eigenvalue weighted by molar-refractivity contribution is 5.89.